The van der Waals surface area contributed by atoms with Crippen molar-refractivity contribution in [2.24, 2.45) is 4.99 Å². The van der Waals surface area contributed by atoms with Gasteiger partial charge in [0.15, 0.2) is 5.96 Å². The van der Waals surface area contributed by atoms with E-state index in [4.69, 9.17) is 0 Å². The minimum absolute atomic E-state index is 0. The second-order valence-electron chi connectivity index (χ2n) is 6.78. The van der Waals surface area contributed by atoms with E-state index in [0.29, 0.717) is 19.6 Å². The maximum absolute atomic E-state index is 11.8. The van der Waals surface area contributed by atoms with Gasteiger partial charge in [0, 0.05) is 23.7 Å². The summed E-state index contributed by atoms with van der Waals surface area (Å²) in [5.74, 6) is 0.776. The van der Waals surface area contributed by atoms with Gasteiger partial charge < -0.3 is 15.2 Å². The Morgan fingerprint density at radius 3 is 2.47 bits per heavy atom. The highest BCUT2D eigenvalue weighted by Crippen LogP contribution is 2.15. The first-order valence-electron chi connectivity index (χ1n) is 9.73. The lowest BCUT2D eigenvalue weighted by molar-refractivity contribution is 0.759. The molecule has 160 valence electrons. The summed E-state index contributed by atoms with van der Waals surface area (Å²) in [6, 6.07) is 13.4. The highest BCUT2D eigenvalue weighted by Gasteiger charge is 2.05. The number of benzene rings is 1. The number of aromatic nitrogens is 2. The average molecular weight is 537 g/mol. The van der Waals surface area contributed by atoms with Crippen molar-refractivity contribution in [2.45, 2.75) is 40.4 Å². The van der Waals surface area contributed by atoms with Gasteiger partial charge in [0.25, 0.3) is 5.56 Å². The number of hydrogen-bond acceptors (Lipinski definition) is 4. The molecule has 2 N–H and O–H groups in total. The van der Waals surface area contributed by atoms with Crippen molar-refractivity contribution in [2.75, 3.05) is 6.54 Å². The second-order valence-corrected chi connectivity index (χ2v) is 8.07. The van der Waals surface area contributed by atoms with Crippen LogP contribution in [0, 0.1) is 13.8 Å². The Balaban J connectivity index is 0.00000320. The summed E-state index contributed by atoms with van der Waals surface area (Å²) in [7, 11) is 0. The first-order valence-corrected chi connectivity index (χ1v) is 10.5. The third-order valence-electron chi connectivity index (χ3n) is 4.52. The lowest BCUT2D eigenvalue weighted by Gasteiger charge is -2.10. The number of pyridine rings is 1. The van der Waals surface area contributed by atoms with E-state index in [-0.39, 0.29) is 29.5 Å². The number of thiazole rings is 1. The maximum atomic E-state index is 11.8. The number of aliphatic imine (C=N–C) groups is 1. The number of rotatable bonds is 7. The molecule has 6 nitrogen and oxygen atoms in total. The Morgan fingerprint density at radius 2 is 1.83 bits per heavy atom. The summed E-state index contributed by atoms with van der Waals surface area (Å²) in [5, 5.41) is 7.68. The zero-order valence-electron chi connectivity index (χ0n) is 17.5. The molecule has 0 amide bonds. The lowest BCUT2D eigenvalue weighted by atomic mass is 10.1. The first-order chi connectivity index (χ1) is 14.0. The molecule has 3 aromatic rings. The van der Waals surface area contributed by atoms with Crippen LogP contribution >= 0.6 is 35.3 Å². The Labute approximate surface area is 198 Å². The molecule has 2 heterocycles. The molecule has 0 saturated carbocycles. The maximum Gasteiger partial charge on any atom is 0.250 e. The Kier molecular flexibility index (Phi) is 9.51. The third-order valence-corrected chi connectivity index (χ3v) is 5.59. The van der Waals surface area contributed by atoms with Crippen molar-refractivity contribution in [1.82, 2.24) is 20.2 Å². The quantitative estimate of drug-likeness (QED) is 0.273. The van der Waals surface area contributed by atoms with Gasteiger partial charge in [0.1, 0.15) is 5.01 Å². The van der Waals surface area contributed by atoms with Crippen LogP contribution in [0.2, 0.25) is 0 Å². The molecular weight excluding hydrogens is 509 g/mol. The van der Waals surface area contributed by atoms with Crippen molar-refractivity contribution < 1.29 is 0 Å². The first kappa shape index (κ1) is 24.1. The molecule has 1 aromatic carbocycles. The minimum atomic E-state index is 0. The van der Waals surface area contributed by atoms with Gasteiger partial charge >= 0.3 is 0 Å². The van der Waals surface area contributed by atoms with Crippen LogP contribution in [-0.4, -0.2) is 22.1 Å². The summed E-state index contributed by atoms with van der Waals surface area (Å²) in [4.78, 5) is 22.3. The molecule has 0 spiro atoms. The van der Waals surface area contributed by atoms with Gasteiger partial charge in [-0.1, -0.05) is 30.3 Å². The van der Waals surface area contributed by atoms with E-state index in [1.54, 1.807) is 34.2 Å². The van der Waals surface area contributed by atoms with Gasteiger partial charge in [-0.2, -0.15) is 0 Å². The smallest absolute Gasteiger partial charge is 0.250 e. The number of halogens is 1. The van der Waals surface area contributed by atoms with Crippen molar-refractivity contribution in [1.29, 1.82) is 0 Å². The molecule has 2 aromatic heterocycles. The fourth-order valence-electron chi connectivity index (χ4n) is 2.82. The van der Waals surface area contributed by atoms with Crippen molar-refractivity contribution in [3.8, 4) is 0 Å². The lowest BCUT2D eigenvalue weighted by Crippen LogP contribution is -2.36. The van der Waals surface area contributed by atoms with E-state index >= 15 is 0 Å². The number of guanidine groups is 1. The SMILES string of the molecule is CCNC(=NCc1ccc(Cn2ccccc2=O)cc1)NCc1nc(C)c(C)s1.I. The van der Waals surface area contributed by atoms with E-state index in [0.717, 1.165) is 34.3 Å². The number of hydrogen-bond donors (Lipinski definition) is 2. The van der Waals surface area contributed by atoms with Gasteiger partial charge in [-0.15, -0.1) is 35.3 Å². The topological polar surface area (TPSA) is 71.3 Å². The normalized spacial score (nSPS) is 11.1. The second kappa shape index (κ2) is 11.8. The van der Waals surface area contributed by atoms with Crippen LogP contribution < -0.4 is 16.2 Å². The third kappa shape index (κ3) is 6.94. The van der Waals surface area contributed by atoms with Crippen molar-refractivity contribution in [3.63, 3.8) is 0 Å². The van der Waals surface area contributed by atoms with Gasteiger partial charge in [-0.05, 0) is 38.0 Å². The van der Waals surface area contributed by atoms with Crippen LogP contribution in [0.4, 0.5) is 0 Å². The summed E-state index contributed by atoms with van der Waals surface area (Å²) >= 11 is 1.71. The Morgan fingerprint density at radius 1 is 1.10 bits per heavy atom. The molecule has 0 aliphatic rings. The van der Waals surface area contributed by atoms with E-state index in [9.17, 15) is 4.79 Å². The minimum Gasteiger partial charge on any atom is -0.357 e. The van der Waals surface area contributed by atoms with E-state index in [1.165, 1.54) is 4.88 Å². The molecule has 0 saturated heterocycles. The fourth-order valence-corrected chi connectivity index (χ4v) is 3.70. The molecule has 0 aliphatic heterocycles. The zero-order chi connectivity index (χ0) is 20.6. The molecule has 0 unspecified atom stereocenters. The van der Waals surface area contributed by atoms with Crippen LogP contribution in [0.3, 0.4) is 0 Å². The Bertz CT molecular complexity index is 1010. The average Bonchev–Trinajstić information content (AvgIpc) is 3.04. The molecule has 3 rings (SSSR count). The molecule has 0 aliphatic carbocycles. The van der Waals surface area contributed by atoms with Crippen LogP contribution in [0.15, 0.2) is 58.4 Å². The summed E-state index contributed by atoms with van der Waals surface area (Å²) < 4.78 is 1.70. The van der Waals surface area contributed by atoms with E-state index < -0.39 is 0 Å². The monoisotopic (exact) mass is 537 g/mol. The highest BCUT2D eigenvalue weighted by atomic mass is 127. The van der Waals surface area contributed by atoms with Crippen LogP contribution in [0.5, 0.6) is 0 Å². The molecule has 30 heavy (non-hydrogen) atoms. The van der Waals surface area contributed by atoms with E-state index in [1.807, 2.05) is 25.1 Å². The van der Waals surface area contributed by atoms with Gasteiger partial charge in [0.05, 0.1) is 25.3 Å². The van der Waals surface area contributed by atoms with E-state index in [2.05, 4.69) is 46.6 Å². The highest BCUT2D eigenvalue weighted by molar-refractivity contribution is 14.0. The predicted octanol–water partition coefficient (Wildman–Crippen LogP) is 3.84. The molecule has 0 fully saturated rings. The number of nitrogens with zero attached hydrogens (tertiary/aromatic N) is 3. The molecule has 0 atom stereocenters. The molecule has 8 heteroatoms. The van der Waals surface area contributed by atoms with Gasteiger partial charge in [0.2, 0.25) is 0 Å². The number of nitrogens with one attached hydrogen (secondary N) is 2. The van der Waals surface area contributed by atoms with Crippen molar-refractivity contribution >= 4 is 41.3 Å². The molecular formula is C22H28IN5OS. The Hall–Kier alpha value is -2.20. The molecule has 0 bridgehead atoms. The molecule has 0 radical (unpaired) electrons. The predicted molar refractivity (Wildman–Crippen MR) is 135 cm³/mol. The summed E-state index contributed by atoms with van der Waals surface area (Å²) in [6.45, 7) is 8.79. The fraction of sp³-hybridized carbons (Fsp3) is 0.318. The van der Waals surface area contributed by atoms with Crippen LogP contribution in [0.25, 0.3) is 0 Å². The summed E-state index contributed by atoms with van der Waals surface area (Å²) in [6.07, 6.45) is 1.81. The summed E-state index contributed by atoms with van der Waals surface area (Å²) in [5.41, 5.74) is 3.30. The van der Waals surface area contributed by atoms with Crippen molar-refractivity contribution in [3.05, 3.63) is 85.7 Å². The van der Waals surface area contributed by atoms with Crippen LogP contribution in [0.1, 0.15) is 33.6 Å². The standard InChI is InChI=1S/C22H27N5OS.HI/c1-4-23-22(25-14-20-26-16(2)17(3)29-20)24-13-18-8-10-19(11-9-18)15-27-12-6-5-7-21(27)28;/h5-12H,4,13-15H2,1-3H3,(H2,23,24,25);1H. The van der Waals surface area contributed by atoms with Gasteiger partial charge in [-0.3, -0.25) is 4.79 Å². The van der Waals surface area contributed by atoms with Crippen LogP contribution in [-0.2, 0) is 19.6 Å². The number of aryl methyl sites for hydroxylation is 2. The van der Waals surface area contributed by atoms with Gasteiger partial charge in [-0.25, -0.2) is 9.98 Å². The zero-order valence-corrected chi connectivity index (χ0v) is 20.7. The largest absolute Gasteiger partial charge is 0.357 e.